The van der Waals surface area contributed by atoms with Gasteiger partial charge in [0, 0.05) is 86.5 Å². The predicted octanol–water partition coefficient (Wildman–Crippen LogP) is 5.93. The molecule has 1 unspecified atom stereocenters. The third kappa shape index (κ3) is 8.68. The zero-order chi connectivity index (χ0) is 41.1. The van der Waals surface area contributed by atoms with Gasteiger partial charge in [0.25, 0.3) is 5.88 Å². The van der Waals surface area contributed by atoms with Crippen LogP contribution in [0.4, 0.5) is 24.5 Å². The fourth-order valence-corrected chi connectivity index (χ4v) is 8.51. The van der Waals surface area contributed by atoms with Crippen LogP contribution in [0.2, 0.25) is 0 Å². The average molecular weight is 824 g/mol. The van der Waals surface area contributed by atoms with Gasteiger partial charge in [0.2, 0.25) is 5.78 Å². The number of esters is 1. The maximum absolute atomic E-state index is 15.7. The lowest BCUT2D eigenvalue weighted by atomic mass is 9.93. The maximum atomic E-state index is 15.7. The molecule has 58 heavy (non-hydrogen) atoms. The van der Waals surface area contributed by atoms with E-state index in [4.69, 9.17) is 14.0 Å². The number of aromatic nitrogens is 3. The van der Waals surface area contributed by atoms with Gasteiger partial charge in [-0.05, 0) is 60.3 Å². The van der Waals surface area contributed by atoms with Crippen molar-refractivity contribution in [3.8, 4) is 17.0 Å². The Morgan fingerprint density at radius 2 is 1.79 bits per heavy atom. The minimum atomic E-state index is -4.35. The molecule has 2 aromatic carbocycles. The van der Waals surface area contributed by atoms with Gasteiger partial charge < -0.3 is 23.9 Å². The van der Waals surface area contributed by atoms with Crippen LogP contribution >= 0.6 is 0 Å². The molecular formula is C40H44F3N7O7S. The molecule has 0 radical (unpaired) electrons. The van der Waals surface area contributed by atoms with Gasteiger partial charge in [-0.25, -0.2) is 18.2 Å². The summed E-state index contributed by atoms with van der Waals surface area (Å²) < 4.78 is 89.3. The first kappa shape index (κ1) is 40.7. The van der Waals surface area contributed by atoms with E-state index < -0.39 is 51.0 Å². The number of piperazine rings is 1. The molecule has 2 aliphatic rings. The highest BCUT2D eigenvalue weighted by Gasteiger charge is 2.34. The topological polar surface area (TPSA) is 163 Å². The molecule has 5 heterocycles. The summed E-state index contributed by atoms with van der Waals surface area (Å²) in [5.74, 6) is -3.77. The highest BCUT2D eigenvalue weighted by atomic mass is 32.2. The van der Waals surface area contributed by atoms with Gasteiger partial charge in [-0.3, -0.25) is 19.2 Å². The summed E-state index contributed by atoms with van der Waals surface area (Å²) >= 11 is 0. The van der Waals surface area contributed by atoms with E-state index in [1.54, 1.807) is 25.3 Å². The van der Waals surface area contributed by atoms with Gasteiger partial charge in [0.15, 0.2) is 11.6 Å². The summed E-state index contributed by atoms with van der Waals surface area (Å²) in [4.78, 5) is 37.9. The number of H-pyrrole nitrogens is 1. The monoisotopic (exact) mass is 823 g/mol. The molecule has 0 aliphatic carbocycles. The second kappa shape index (κ2) is 17.2. The standard InChI is InChI=1S/C40H44F3N7O7S/c1-4-55-40(52)35(24(2)3)33-20-34(46-57-33)56-18-17-48-13-15-49(16-14-48)28-7-5-25(6-8-28)26-19-29-30(22-45-39(29)44-21-26)38(51)36-31(42)9-10-32(37(36)43)47-58(53,54)50-12-11-27(41)23-50/h5-10,19-22,24,27,35,47H,4,11-18,23H2,1-3H3,(H,44,45)/t27-,35?/m1/s1. The molecule has 0 spiro atoms. The van der Waals surface area contributed by atoms with Gasteiger partial charge in [-0.1, -0.05) is 26.0 Å². The van der Waals surface area contributed by atoms with Crippen molar-refractivity contribution in [2.24, 2.45) is 5.92 Å². The molecule has 18 heteroatoms. The van der Waals surface area contributed by atoms with Gasteiger partial charge in [-0.15, -0.1) is 0 Å². The summed E-state index contributed by atoms with van der Waals surface area (Å²) in [7, 11) is -4.35. The molecule has 0 bridgehead atoms. The average Bonchev–Trinajstić information content (AvgIpc) is 3.97. The lowest BCUT2D eigenvalue weighted by Gasteiger charge is -2.36. The fourth-order valence-electron chi connectivity index (χ4n) is 7.24. The fraction of sp³-hybridized carbons (Fsp3) is 0.400. The quantitative estimate of drug-likeness (QED) is 0.0951. The largest absolute Gasteiger partial charge is 0.474 e. The summed E-state index contributed by atoms with van der Waals surface area (Å²) in [6.07, 6.45) is 1.59. The van der Waals surface area contributed by atoms with E-state index >= 15 is 8.78 Å². The molecule has 7 rings (SSSR count). The molecule has 2 aliphatic heterocycles. The number of pyridine rings is 1. The normalized spacial score (nSPS) is 17.2. The number of hydrogen-bond donors (Lipinski definition) is 2. The summed E-state index contributed by atoms with van der Waals surface area (Å²) in [5, 5.41) is 4.31. The number of fused-ring (bicyclic) bond motifs is 1. The first-order valence-electron chi connectivity index (χ1n) is 19.1. The Labute approximate surface area is 333 Å². The molecule has 2 fully saturated rings. The Balaban J connectivity index is 0.964. The van der Waals surface area contributed by atoms with Crippen molar-refractivity contribution in [2.75, 3.05) is 68.6 Å². The maximum Gasteiger partial charge on any atom is 0.317 e. The third-order valence-corrected chi connectivity index (χ3v) is 11.9. The van der Waals surface area contributed by atoms with Crippen molar-refractivity contribution >= 4 is 44.4 Å². The van der Waals surface area contributed by atoms with Gasteiger partial charge >= 0.3 is 16.2 Å². The lowest BCUT2D eigenvalue weighted by molar-refractivity contribution is -0.146. The van der Waals surface area contributed by atoms with E-state index in [2.05, 4.69) is 24.9 Å². The van der Waals surface area contributed by atoms with E-state index in [1.165, 1.54) is 6.20 Å². The number of carbonyl (C=O) groups excluding carboxylic acids is 2. The number of aromatic amines is 1. The number of ether oxygens (including phenoxy) is 2. The summed E-state index contributed by atoms with van der Waals surface area (Å²) in [5.41, 5.74) is 1.19. The van der Waals surface area contributed by atoms with Crippen LogP contribution in [0.3, 0.4) is 0 Å². The van der Waals surface area contributed by atoms with Crippen LogP contribution in [0.25, 0.3) is 22.2 Å². The molecule has 2 atom stereocenters. The lowest BCUT2D eigenvalue weighted by Crippen LogP contribution is -2.47. The van der Waals surface area contributed by atoms with E-state index in [9.17, 15) is 22.4 Å². The van der Waals surface area contributed by atoms with Crippen molar-refractivity contribution in [3.05, 3.63) is 89.4 Å². The third-order valence-electron chi connectivity index (χ3n) is 10.4. The number of alkyl halides is 1. The van der Waals surface area contributed by atoms with Crippen molar-refractivity contribution < 1.29 is 45.2 Å². The molecule has 308 valence electrons. The number of carbonyl (C=O) groups is 2. The molecule has 0 amide bonds. The number of nitrogens with zero attached hydrogens (tertiary/aromatic N) is 5. The highest BCUT2D eigenvalue weighted by molar-refractivity contribution is 7.90. The molecule has 3 aromatic heterocycles. The van der Waals surface area contributed by atoms with Gasteiger partial charge in [-0.2, -0.15) is 12.7 Å². The molecule has 2 saturated heterocycles. The Kier molecular flexibility index (Phi) is 12.1. The van der Waals surface area contributed by atoms with E-state index in [1.807, 2.05) is 42.8 Å². The zero-order valence-electron chi connectivity index (χ0n) is 32.2. The number of halogens is 3. The number of benzene rings is 2. The smallest absolute Gasteiger partial charge is 0.317 e. The molecule has 5 aromatic rings. The Bertz CT molecular complexity index is 2380. The van der Waals surface area contributed by atoms with Crippen molar-refractivity contribution in [2.45, 2.75) is 39.3 Å². The zero-order valence-corrected chi connectivity index (χ0v) is 33.0. The van der Waals surface area contributed by atoms with Gasteiger partial charge in [0.1, 0.15) is 30.2 Å². The van der Waals surface area contributed by atoms with Crippen LogP contribution in [0, 0.1) is 17.6 Å². The van der Waals surface area contributed by atoms with Crippen LogP contribution in [-0.4, -0.2) is 110 Å². The van der Waals surface area contributed by atoms with Crippen LogP contribution in [-0.2, 0) is 19.7 Å². The van der Waals surface area contributed by atoms with Crippen LogP contribution in [0.15, 0.2) is 65.4 Å². The Hall–Kier alpha value is -5.46. The first-order valence-corrected chi connectivity index (χ1v) is 20.5. The van der Waals surface area contributed by atoms with Crippen LogP contribution in [0.5, 0.6) is 5.88 Å². The second-order valence-electron chi connectivity index (χ2n) is 14.6. The van der Waals surface area contributed by atoms with Gasteiger partial charge in [0.05, 0.1) is 17.9 Å². The molecule has 0 saturated carbocycles. The minimum Gasteiger partial charge on any atom is -0.474 e. The number of hydrogen-bond acceptors (Lipinski definition) is 11. The van der Waals surface area contributed by atoms with E-state index in [-0.39, 0.29) is 43.6 Å². The first-order chi connectivity index (χ1) is 27.8. The van der Waals surface area contributed by atoms with Crippen molar-refractivity contribution in [1.29, 1.82) is 0 Å². The van der Waals surface area contributed by atoms with Crippen LogP contribution in [0.1, 0.15) is 54.8 Å². The predicted molar refractivity (Wildman–Crippen MR) is 210 cm³/mol. The summed E-state index contributed by atoms with van der Waals surface area (Å²) in [6, 6.07) is 12.9. The molecule has 2 N–H and O–H groups in total. The minimum absolute atomic E-state index is 0.00301. The number of rotatable bonds is 15. The van der Waals surface area contributed by atoms with E-state index in [0.717, 1.165) is 53.9 Å². The Morgan fingerprint density at radius 1 is 1.03 bits per heavy atom. The number of ketones is 1. The SMILES string of the molecule is CCOC(=O)C(c1cc(OCCN2CCN(c3ccc(-c4cnc5[nH]cc(C(=O)c6c(F)ccc(NS(=O)(=O)N7CC[C@@H](F)C7)c6F)c5c4)cc3)CC2)no1)C(C)C. The number of anilines is 2. The summed E-state index contributed by atoms with van der Waals surface area (Å²) in [6.45, 7) is 9.68. The van der Waals surface area contributed by atoms with E-state index in [0.29, 0.717) is 41.4 Å². The molecule has 14 nitrogen and oxygen atoms in total. The highest BCUT2D eigenvalue weighted by Crippen LogP contribution is 2.32. The van der Waals surface area contributed by atoms with Crippen molar-refractivity contribution in [1.82, 2.24) is 24.3 Å². The molecular weight excluding hydrogens is 780 g/mol. The van der Waals surface area contributed by atoms with Crippen LogP contribution < -0.4 is 14.4 Å². The number of nitrogens with one attached hydrogen (secondary N) is 2. The Morgan fingerprint density at radius 3 is 2.48 bits per heavy atom. The second-order valence-corrected chi connectivity index (χ2v) is 16.2. The van der Waals surface area contributed by atoms with Crippen molar-refractivity contribution in [3.63, 3.8) is 0 Å².